The Kier molecular flexibility index (Phi) is 8.11. The molecule has 0 amide bonds. The van der Waals surface area contributed by atoms with Gasteiger partial charge in [-0.25, -0.2) is 9.59 Å². The molecule has 3 heterocycles. The van der Waals surface area contributed by atoms with Gasteiger partial charge in [0.05, 0.1) is 40.8 Å². The number of hydrogen-bond donors (Lipinski definition) is 1. The molecule has 45 heavy (non-hydrogen) atoms. The van der Waals surface area contributed by atoms with E-state index >= 15 is 0 Å². The molecule has 2 aromatic heterocycles. The van der Waals surface area contributed by atoms with E-state index in [0.717, 1.165) is 33.3 Å². The quantitative estimate of drug-likeness (QED) is 0.330. The van der Waals surface area contributed by atoms with Crippen molar-refractivity contribution in [3.05, 3.63) is 48.3 Å². The molecular formula is C31H36O14. The summed E-state index contributed by atoms with van der Waals surface area (Å²) in [4.78, 5) is 65.0. The first kappa shape index (κ1) is 32.2. The minimum Gasteiger partial charge on any atom is -0.472 e. The number of rotatable bonds is 8. The lowest BCUT2D eigenvalue weighted by Crippen LogP contribution is -2.83. The average Bonchev–Trinajstić information content (AvgIpc) is 3.69. The monoisotopic (exact) mass is 632 g/mol. The van der Waals surface area contributed by atoms with Crippen LogP contribution in [0.1, 0.15) is 75.1 Å². The van der Waals surface area contributed by atoms with Crippen LogP contribution in [0.15, 0.2) is 46.0 Å². The van der Waals surface area contributed by atoms with Crippen LogP contribution in [-0.2, 0) is 42.8 Å². The molecule has 2 aliphatic carbocycles. The Bertz CT molecular complexity index is 1460. The van der Waals surface area contributed by atoms with Gasteiger partial charge in [0.1, 0.15) is 42.9 Å². The molecule has 2 aromatic rings. The number of ether oxygens (including phenoxy) is 6. The molecule has 5 rings (SSSR count). The zero-order valence-electron chi connectivity index (χ0n) is 25.7. The molecule has 2 bridgehead atoms. The van der Waals surface area contributed by atoms with Gasteiger partial charge in [0, 0.05) is 20.8 Å². The van der Waals surface area contributed by atoms with E-state index in [9.17, 15) is 29.1 Å². The number of carbonyl (C=O) groups excluding carboxylic acids is 5. The summed E-state index contributed by atoms with van der Waals surface area (Å²) < 4.78 is 46.7. The van der Waals surface area contributed by atoms with E-state index in [0.29, 0.717) is 0 Å². The van der Waals surface area contributed by atoms with Gasteiger partial charge >= 0.3 is 29.8 Å². The van der Waals surface area contributed by atoms with Crippen molar-refractivity contribution in [2.75, 3.05) is 6.61 Å². The molecule has 0 radical (unpaired) electrons. The first-order chi connectivity index (χ1) is 21.1. The van der Waals surface area contributed by atoms with Crippen LogP contribution in [0.4, 0.5) is 0 Å². The Hall–Kier alpha value is -4.17. The van der Waals surface area contributed by atoms with Gasteiger partial charge in [-0.15, -0.1) is 0 Å². The topological polar surface area (TPSA) is 187 Å². The van der Waals surface area contributed by atoms with E-state index < -0.39 is 89.0 Å². The molecule has 14 nitrogen and oxygen atoms in total. The van der Waals surface area contributed by atoms with Crippen LogP contribution in [0.25, 0.3) is 0 Å². The number of hydrogen-bond acceptors (Lipinski definition) is 14. The Labute approximate surface area is 258 Å². The van der Waals surface area contributed by atoms with Gasteiger partial charge < -0.3 is 42.4 Å². The number of esters is 5. The van der Waals surface area contributed by atoms with Crippen molar-refractivity contribution in [1.29, 1.82) is 0 Å². The molecule has 3 fully saturated rings. The second-order valence-electron chi connectivity index (χ2n) is 12.4. The van der Waals surface area contributed by atoms with E-state index in [1.165, 1.54) is 31.6 Å². The standard InChI is InChI=1S/C31H36O14/c1-16(32)40-15-30-21(41-17(2)33)7-10-29(6,37)31(30)24(42-18(3)34)22(28(4,5)45-31)23(43-26(35)19-8-11-38-13-19)25(30)44-27(36)20-9-12-39-14-20/h8-9,11-14,21-25,37H,7,10,15H2,1-6H3/t21-,22+,23-,24+,25-,29-,30-,31-/m0/s1. The van der Waals surface area contributed by atoms with Crippen LogP contribution in [0.5, 0.6) is 0 Å². The second-order valence-corrected chi connectivity index (χ2v) is 12.4. The number of furan rings is 2. The summed E-state index contributed by atoms with van der Waals surface area (Å²) in [6.45, 7) is 7.55. The SMILES string of the molecule is CC(=O)OC[C@@]12[C@@H](OC(C)=O)CC[C@](C)(O)[C@]13OC(C)(C)[C@H]([C@H](OC(=O)c1ccoc1)[C@@H]2OC(=O)c1ccoc1)[C@H]3OC(C)=O. The second kappa shape index (κ2) is 11.3. The highest BCUT2D eigenvalue weighted by Crippen LogP contribution is 2.69. The molecule has 0 unspecified atom stereocenters. The maximum Gasteiger partial charge on any atom is 0.341 e. The first-order valence-electron chi connectivity index (χ1n) is 14.4. The van der Waals surface area contributed by atoms with Gasteiger partial charge in [-0.3, -0.25) is 14.4 Å². The van der Waals surface area contributed by atoms with Crippen LogP contribution in [0.2, 0.25) is 0 Å². The van der Waals surface area contributed by atoms with Crippen molar-refractivity contribution in [3.8, 4) is 0 Å². The molecule has 1 N–H and O–H groups in total. The maximum absolute atomic E-state index is 13.7. The Morgan fingerprint density at radius 1 is 0.822 bits per heavy atom. The normalized spacial score (nSPS) is 34.6. The fraction of sp³-hybridized carbons (Fsp3) is 0.581. The van der Waals surface area contributed by atoms with Gasteiger partial charge in [-0.1, -0.05) is 0 Å². The maximum atomic E-state index is 13.7. The van der Waals surface area contributed by atoms with Crippen molar-refractivity contribution >= 4 is 29.8 Å². The summed E-state index contributed by atoms with van der Waals surface area (Å²) in [6, 6.07) is 2.72. The third-order valence-electron chi connectivity index (χ3n) is 9.18. The highest BCUT2D eigenvalue weighted by molar-refractivity contribution is 5.90. The summed E-state index contributed by atoms with van der Waals surface area (Å²) in [5, 5.41) is 12.3. The van der Waals surface area contributed by atoms with Crippen molar-refractivity contribution < 1.29 is 66.3 Å². The third-order valence-corrected chi connectivity index (χ3v) is 9.18. The largest absolute Gasteiger partial charge is 0.472 e. The summed E-state index contributed by atoms with van der Waals surface area (Å²) in [6.07, 6.45) is -1.02. The zero-order valence-corrected chi connectivity index (χ0v) is 25.7. The van der Waals surface area contributed by atoms with E-state index in [2.05, 4.69) is 0 Å². The highest BCUT2D eigenvalue weighted by Gasteiger charge is 2.87. The summed E-state index contributed by atoms with van der Waals surface area (Å²) in [7, 11) is 0. The van der Waals surface area contributed by atoms with Gasteiger partial charge in [0.15, 0.2) is 11.7 Å². The van der Waals surface area contributed by atoms with Gasteiger partial charge in [0.2, 0.25) is 0 Å². The first-order valence-corrected chi connectivity index (χ1v) is 14.4. The summed E-state index contributed by atoms with van der Waals surface area (Å²) in [5.41, 5.74) is -7.29. The van der Waals surface area contributed by atoms with Crippen LogP contribution >= 0.6 is 0 Å². The molecule has 1 aliphatic heterocycles. The number of carbonyl (C=O) groups is 5. The molecule has 2 saturated carbocycles. The van der Waals surface area contributed by atoms with Crippen LogP contribution in [0, 0.1) is 11.3 Å². The minimum atomic E-state index is -2.05. The predicted octanol–water partition coefficient (Wildman–Crippen LogP) is 2.76. The summed E-state index contributed by atoms with van der Waals surface area (Å²) in [5.74, 6) is -5.15. The predicted molar refractivity (Wildman–Crippen MR) is 147 cm³/mol. The molecule has 1 saturated heterocycles. The lowest BCUT2D eigenvalue weighted by atomic mass is 9.46. The number of aliphatic hydroxyl groups is 1. The van der Waals surface area contributed by atoms with Crippen molar-refractivity contribution in [3.63, 3.8) is 0 Å². The van der Waals surface area contributed by atoms with E-state index in [4.69, 9.17) is 37.3 Å². The molecule has 8 atom stereocenters. The Balaban J connectivity index is 1.84. The molecular weight excluding hydrogens is 596 g/mol. The van der Waals surface area contributed by atoms with E-state index in [1.54, 1.807) is 13.8 Å². The molecule has 0 aromatic carbocycles. The Morgan fingerprint density at radius 2 is 1.40 bits per heavy atom. The molecule has 3 aliphatic rings. The molecule has 244 valence electrons. The van der Waals surface area contributed by atoms with Crippen molar-refractivity contribution in [1.82, 2.24) is 0 Å². The van der Waals surface area contributed by atoms with Gasteiger partial charge in [-0.2, -0.15) is 0 Å². The minimum absolute atomic E-state index is 0.00663. The van der Waals surface area contributed by atoms with Crippen LogP contribution in [0.3, 0.4) is 0 Å². The van der Waals surface area contributed by atoms with E-state index in [-0.39, 0.29) is 24.0 Å². The van der Waals surface area contributed by atoms with Gasteiger partial charge in [0.25, 0.3) is 0 Å². The summed E-state index contributed by atoms with van der Waals surface area (Å²) >= 11 is 0. The lowest BCUT2D eigenvalue weighted by molar-refractivity contribution is -0.348. The van der Waals surface area contributed by atoms with Gasteiger partial charge in [-0.05, 0) is 45.7 Å². The highest BCUT2D eigenvalue weighted by atomic mass is 16.6. The fourth-order valence-electron chi connectivity index (χ4n) is 7.62. The van der Waals surface area contributed by atoms with Crippen LogP contribution in [-0.4, -0.2) is 82.8 Å². The zero-order chi connectivity index (χ0) is 32.9. The molecule has 1 spiro atoms. The Morgan fingerprint density at radius 3 is 1.91 bits per heavy atom. The molecule has 14 heteroatoms. The van der Waals surface area contributed by atoms with Crippen molar-refractivity contribution in [2.45, 2.75) is 95.6 Å². The van der Waals surface area contributed by atoms with E-state index in [1.807, 2.05) is 0 Å². The fourth-order valence-corrected chi connectivity index (χ4v) is 7.62. The average molecular weight is 633 g/mol. The third kappa shape index (κ3) is 5.09. The smallest absolute Gasteiger partial charge is 0.341 e. The number of fused-ring (bicyclic) bond motifs is 1. The lowest BCUT2D eigenvalue weighted by Gasteiger charge is -2.65. The van der Waals surface area contributed by atoms with Crippen LogP contribution < -0.4 is 0 Å². The van der Waals surface area contributed by atoms with Crippen molar-refractivity contribution in [2.24, 2.45) is 11.3 Å².